The van der Waals surface area contributed by atoms with Gasteiger partial charge in [-0.05, 0) is 28.7 Å². The molecular formula is C9H8INO5. The number of allylic oxidation sites excluding steroid dienone is 3. The van der Waals surface area contributed by atoms with Crippen LogP contribution in [0, 0.1) is 0 Å². The van der Waals surface area contributed by atoms with Crippen LogP contribution in [-0.4, -0.2) is 33.8 Å². The van der Waals surface area contributed by atoms with Gasteiger partial charge in [-0.25, -0.2) is 0 Å². The standard InChI is InChI=1S/C9H8INO5/c10-6-7(13)3(1-4(11)9(15)16)2-5(12)8(6)14/h2,4,13H,1,11H2,(H,15,16). The molecular weight excluding hydrogens is 329 g/mol. The topological polar surface area (TPSA) is 118 Å². The lowest BCUT2D eigenvalue weighted by Gasteiger charge is -2.14. The first-order valence-electron chi connectivity index (χ1n) is 4.21. The number of rotatable bonds is 3. The summed E-state index contributed by atoms with van der Waals surface area (Å²) in [5.41, 5.74) is 5.34. The molecule has 0 aromatic rings. The number of ketones is 2. The Morgan fingerprint density at radius 2 is 2.06 bits per heavy atom. The highest BCUT2D eigenvalue weighted by Gasteiger charge is 2.28. The van der Waals surface area contributed by atoms with E-state index in [1.54, 1.807) is 0 Å². The lowest BCUT2D eigenvalue weighted by atomic mass is 9.97. The maximum Gasteiger partial charge on any atom is 0.320 e. The third kappa shape index (κ3) is 2.47. The molecule has 0 bridgehead atoms. The van der Waals surface area contributed by atoms with E-state index in [2.05, 4.69) is 0 Å². The Kier molecular flexibility index (Phi) is 3.81. The highest BCUT2D eigenvalue weighted by molar-refractivity contribution is 14.1. The average molecular weight is 337 g/mol. The molecule has 0 aromatic heterocycles. The molecule has 0 spiro atoms. The summed E-state index contributed by atoms with van der Waals surface area (Å²) in [5.74, 6) is -3.20. The summed E-state index contributed by atoms with van der Waals surface area (Å²) in [5, 5.41) is 18.1. The molecule has 1 rings (SSSR count). The summed E-state index contributed by atoms with van der Waals surface area (Å²) in [6.45, 7) is 0. The van der Waals surface area contributed by atoms with Crippen LogP contribution in [0.5, 0.6) is 0 Å². The zero-order chi connectivity index (χ0) is 12.5. The molecule has 1 unspecified atom stereocenters. The average Bonchev–Trinajstić information content (AvgIpc) is 2.22. The van der Waals surface area contributed by atoms with Gasteiger partial charge in [0, 0.05) is 12.0 Å². The van der Waals surface area contributed by atoms with Gasteiger partial charge in [0.2, 0.25) is 11.6 Å². The fraction of sp³-hybridized carbons (Fsp3) is 0.222. The Hall–Kier alpha value is -1.22. The van der Waals surface area contributed by atoms with Gasteiger partial charge in [-0.3, -0.25) is 14.4 Å². The number of aliphatic hydroxyl groups is 1. The molecule has 1 aliphatic carbocycles. The molecule has 6 nitrogen and oxygen atoms in total. The second-order valence-electron chi connectivity index (χ2n) is 3.17. The van der Waals surface area contributed by atoms with Crippen molar-refractivity contribution in [3.05, 3.63) is 21.0 Å². The predicted molar refractivity (Wildman–Crippen MR) is 62.0 cm³/mol. The van der Waals surface area contributed by atoms with Crippen molar-refractivity contribution in [2.45, 2.75) is 12.5 Å². The Morgan fingerprint density at radius 3 is 2.56 bits per heavy atom. The van der Waals surface area contributed by atoms with E-state index in [4.69, 9.17) is 10.8 Å². The molecule has 0 aromatic carbocycles. The zero-order valence-corrected chi connectivity index (χ0v) is 10.1. The molecule has 0 saturated heterocycles. The number of aliphatic carboxylic acids is 1. The van der Waals surface area contributed by atoms with Crippen LogP contribution >= 0.6 is 22.6 Å². The van der Waals surface area contributed by atoms with E-state index in [-0.39, 0.29) is 21.3 Å². The normalized spacial score (nSPS) is 18.5. The minimum Gasteiger partial charge on any atom is -0.506 e. The van der Waals surface area contributed by atoms with E-state index in [9.17, 15) is 19.5 Å². The fourth-order valence-electron chi connectivity index (χ4n) is 1.13. The van der Waals surface area contributed by atoms with Gasteiger partial charge in [-0.2, -0.15) is 0 Å². The van der Waals surface area contributed by atoms with Gasteiger partial charge in [0.1, 0.15) is 15.4 Å². The molecule has 86 valence electrons. The van der Waals surface area contributed by atoms with Crippen molar-refractivity contribution in [2.24, 2.45) is 5.73 Å². The highest BCUT2D eigenvalue weighted by Crippen LogP contribution is 2.26. The molecule has 7 heteroatoms. The summed E-state index contributed by atoms with van der Waals surface area (Å²) < 4.78 is -0.113. The number of carbonyl (C=O) groups is 3. The summed E-state index contributed by atoms with van der Waals surface area (Å²) in [6.07, 6.45) is 0.718. The van der Waals surface area contributed by atoms with Crippen LogP contribution in [0.1, 0.15) is 6.42 Å². The monoisotopic (exact) mass is 337 g/mol. The second kappa shape index (κ2) is 4.74. The van der Waals surface area contributed by atoms with Crippen LogP contribution in [0.25, 0.3) is 0 Å². The third-order valence-corrected chi connectivity index (χ3v) is 3.00. The van der Waals surface area contributed by atoms with Gasteiger partial charge < -0.3 is 15.9 Å². The molecule has 0 heterocycles. The Bertz CT molecular complexity index is 437. The van der Waals surface area contributed by atoms with Crippen molar-refractivity contribution in [1.29, 1.82) is 0 Å². The van der Waals surface area contributed by atoms with Crippen LogP contribution in [0.2, 0.25) is 0 Å². The first-order chi connectivity index (χ1) is 7.34. The summed E-state index contributed by atoms with van der Waals surface area (Å²) in [6, 6.07) is -1.22. The quantitative estimate of drug-likeness (QED) is 0.381. The Labute approximate surface area is 104 Å². The minimum absolute atomic E-state index is 0.0731. The smallest absolute Gasteiger partial charge is 0.320 e. The van der Waals surface area contributed by atoms with Crippen LogP contribution < -0.4 is 5.73 Å². The number of hydrogen-bond acceptors (Lipinski definition) is 5. The van der Waals surface area contributed by atoms with Crippen LogP contribution in [-0.2, 0) is 14.4 Å². The lowest BCUT2D eigenvalue weighted by molar-refractivity contribution is -0.138. The molecule has 0 aliphatic heterocycles. The predicted octanol–water partition coefficient (Wildman–Crippen LogP) is 0.0712. The lowest BCUT2D eigenvalue weighted by Crippen LogP contribution is -2.31. The molecule has 0 fully saturated rings. The first-order valence-corrected chi connectivity index (χ1v) is 5.29. The summed E-state index contributed by atoms with van der Waals surface area (Å²) >= 11 is 1.53. The fourth-order valence-corrected chi connectivity index (χ4v) is 1.74. The van der Waals surface area contributed by atoms with Gasteiger partial charge >= 0.3 is 5.97 Å². The first kappa shape index (κ1) is 12.8. The maximum atomic E-state index is 11.1. The Morgan fingerprint density at radius 1 is 1.50 bits per heavy atom. The highest BCUT2D eigenvalue weighted by atomic mass is 127. The number of nitrogens with two attached hydrogens (primary N) is 1. The van der Waals surface area contributed by atoms with E-state index >= 15 is 0 Å². The molecule has 0 amide bonds. The van der Waals surface area contributed by atoms with Gasteiger partial charge in [0.05, 0.1) is 0 Å². The molecule has 1 atom stereocenters. The molecule has 0 radical (unpaired) electrons. The number of aliphatic hydroxyl groups excluding tert-OH is 1. The van der Waals surface area contributed by atoms with Gasteiger partial charge in [0.25, 0.3) is 0 Å². The van der Waals surface area contributed by atoms with Crippen molar-refractivity contribution >= 4 is 40.1 Å². The largest absolute Gasteiger partial charge is 0.506 e. The SMILES string of the molecule is NC(CC1=CC(=O)C(=O)C(I)=C1O)C(=O)O. The van der Waals surface area contributed by atoms with Crippen LogP contribution in [0.3, 0.4) is 0 Å². The molecule has 1 aliphatic rings. The number of Topliss-reactive ketones (excluding diaryl/α,β-unsaturated/α-hetero) is 1. The van der Waals surface area contributed by atoms with E-state index < -0.39 is 23.6 Å². The van der Waals surface area contributed by atoms with Crippen molar-refractivity contribution in [3.8, 4) is 0 Å². The molecule has 4 N–H and O–H groups in total. The number of halogens is 1. The maximum absolute atomic E-state index is 11.1. The van der Waals surface area contributed by atoms with Crippen molar-refractivity contribution in [1.82, 2.24) is 0 Å². The van der Waals surface area contributed by atoms with Crippen molar-refractivity contribution in [3.63, 3.8) is 0 Å². The van der Waals surface area contributed by atoms with E-state index in [1.807, 2.05) is 0 Å². The van der Waals surface area contributed by atoms with Gasteiger partial charge in [-0.1, -0.05) is 0 Å². The van der Waals surface area contributed by atoms with Crippen molar-refractivity contribution < 1.29 is 24.6 Å². The van der Waals surface area contributed by atoms with Gasteiger partial charge in [-0.15, -0.1) is 0 Å². The summed E-state index contributed by atoms with van der Waals surface area (Å²) in [7, 11) is 0. The Balaban J connectivity index is 2.98. The van der Waals surface area contributed by atoms with Crippen molar-refractivity contribution in [2.75, 3.05) is 0 Å². The minimum atomic E-state index is -1.24. The van der Waals surface area contributed by atoms with E-state index in [0.717, 1.165) is 6.08 Å². The van der Waals surface area contributed by atoms with Crippen LogP contribution in [0.4, 0.5) is 0 Å². The van der Waals surface area contributed by atoms with Crippen LogP contribution in [0.15, 0.2) is 21.0 Å². The third-order valence-electron chi connectivity index (χ3n) is 2.00. The second-order valence-corrected chi connectivity index (χ2v) is 4.25. The number of carbonyl (C=O) groups excluding carboxylic acids is 2. The number of hydrogen-bond donors (Lipinski definition) is 3. The molecule has 16 heavy (non-hydrogen) atoms. The number of carboxylic acid groups (broad SMARTS) is 1. The van der Waals surface area contributed by atoms with E-state index in [0.29, 0.717) is 0 Å². The number of carboxylic acids is 1. The summed E-state index contributed by atoms with van der Waals surface area (Å²) in [4.78, 5) is 32.8. The van der Waals surface area contributed by atoms with E-state index in [1.165, 1.54) is 22.6 Å². The zero-order valence-electron chi connectivity index (χ0n) is 7.94. The molecule has 0 saturated carbocycles. The van der Waals surface area contributed by atoms with Gasteiger partial charge in [0.15, 0.2) is 0 Å².